The number of unbranched alkanes of at least 4 members (excludes halogenated alkanes) is 3. The Morgan fingerprint density at radius 3 is 1.54 bits per heavy atom. The van der Waals surface area contributed by atoms with Gasteiger partial charge in [0.25, 0.3) is 0 Å². The fraction of sp³-hybridized carbons (Fsp3) is 0.800. The number of aliphatic hydroxyl groups excluding tert-OH is 1. The fourth-order valence-electron chi connectivity index (χ4n) is 4.61. The summed E-state index contributed by atoms with van der Waals surface area (Å²) < 4.78 is 0. The van der Waals surface area contributed by atoms with Gasteiger partial charge in [0.15, 0.2) is 0 Å². The molecule has 0 fully saturated rings. The van der Waals surface area contributed by atoms with Crippen LogP contribution >= 0.6 is 0 Å². The Labute approximate surface area is 272 Å². The van der Waals surface area contributed by atoms with Crippen LogP contribution < -0.4 is 49.1 Å². The molecule has 0 aromatic carbocycles. The van der Waals surface area contributed by atoms with Crippen molar-refractivity contribution in [3.8, 4) is 0 Å². The average molecular weight is 658 g/mol. The van der Waals surface area contributed by atoms with E-state index in [1.54, 1.807) is 7.05 Å². The van der Waals surface area contributed by atoms with E-state index in [0.29, 0.717) is 70.9 Å². The molecule has 0 saturated heterocycles. The van der Waals surface area contributed by atoms with Gasteiger partial charge in [-0.25, -0.2) is 0 Å². The number of rotatable bonds is 27. The van der Waals surface area contributed by atoms with Crippen molar-refractivity contribution in [1.29, 1.82) is 0 Å². The smallest absolute Gasteiger partial charge is 0.245 e. The third kappa shape index (κ3) is 18.7. The lowest BCUT2D eigenvalue weighted by molar-refractivity contribution is -0.135. The molecule has 0 aromatic heterocycles. The highest BCUT2D eigenvalue weighted by Crippen LogP contribution is 2.08. The SMILES string of the molecule is CNCCCC[C@H](NC(=O)[C@H](CO)NC(=O)[C@H](CCCCN)NC(=O)[C@@H](N)CC(C)C)C(=O)N[C@@H](CCCCN)C(=O)NCC=O. The van der Waals surface area contributed by atoms with E-state index in [1.807, 2.05) is 13.8 Å². The second kappa shape index (κ2) is 25.9. The van der Waals surface area contributed by atoms with E-state index in [2.05, 4.69) is 31.9 Å². The van der Waals surface area contributed by atoms with Gasteiger partial charge < -0.3 is 59.0 Å². The summed E-state index contributed by atoms with van der Waals surface area (Å²) in [6.45, 7) is 4.30. The van der Waals surface area contributed by atoms with Crippen molar-refractivity contribution in [2.75, 3.05) is 39.8 Å². The van der Waals surface area contributed by atoms with Gasteiger partial charge in [0.1, 0.15) is 30.5 Å². The van der Waals surface area contributed by atoms with Gasteiger partial charge in [0.05, 0.1) is 19.2 Å². The third-order valence-electron chi connectivity index (χ3n) is 7.20. The van der Waals surface area contributed by atoms with Gasteiger partial charge in [-0.3, -0.25) is 24.0 Å². The van der Waals surface area contributed by atoms with Crippen molar-refractivity contribution >= 4 is 35.8 Å². The van der Waals surface area contributed by atoms with Gasteiger partial charge in [-0.15, -0.1) is 0 Å². The van der Waals surface area contributed by atoms with Gasteiger partial charge in [-0.05, 0) is 96.8 Å². The van der Waals surface area contributed by atoms with Crippen LogP contribution in [-0.2, 0) is 28.8 Å². The normalized spacial score (nSPS) is 14.3. The first-order valence-electron chi connectivity index (χ1n) is 16.3. The summed E-state index contributed by atoms with van der Waals surface area (Å²) >= 11 is 0. The van der Waals surface area contributed by atoms with Crippen LogP contribution in [0.1, 0.15) is 78.1 Å². The minimum Gasteiger partial charge on any atom is -0.394 e. The molecule has 0 saturated carbocycles. The maximum absolute atomic E-state index is 13.4. The molecule has 13 N–H and O–H groups in total. The van der Waals surface area contributed by atoms with Crippen LogP contribution in [0, 0.1) is 5.92 Å². The molecule has 266 valence electrons. The number of nitrogens with one attached hydrogen (secondary N) is 6. The summed E-state index contributed by atoms with van der Waals surface area (Å²) in [6, 6.07) is -5.36. The maximum atomic E-state index is 13.4. The Balaban J connectivity index is 5.79. The van der Waals surface area contributed by atoms with Gasteiger partial charge in [0, 0.05) is 0 Å². The summed E-state index contributed by atoms with van der Waals surface area (Å²) in [6.07, 6.45) is 5.16. The predicted octanol–water partition coefficient (Wildman–Crippen LogP) is -2.75. The lowest BCUT2D eigenvalue weighted by atomic mass is 10.0. The zero-order chi connectivity index (χ0) is 34.9. The Kier molecular flexibility index (Phi) is 24.2. The van der Waals surface area contributed by atoms with Crippen molar-refractivity contribution in [3.05, 3.63) is 0 Å². The molecule has 0 aliphatic rings. The van der Waals surface area contributed by atoms with E-state index in [1.165, 1.54) is 0 Å². The van der Waals surface area contributed by atoms with Gasteiger partial charge in [-0.1, -0.05) is 13.8 Å². The minimum absolute atomic E-state index is 0.156. The van der Waals surface area contributed by atoms with E-state index >= 15 is 0 Å². The fourth-order valence-corrected chi connectivity index (χ4v) is 4.61. The highest BCUT2D eigenvalue weighted by atomic mass is 16.3. The quantitative estimate of drug-likeness (QED) is 0.0319. The Bertz CT molecular complexity index is 923. The molecule has 46 heavy (non-hydrogen) atoms. The molecule has 16 nitrogen and oxygen atoms in total. The molecular weight excluding hydrogens is 598 g/mol. The third-order valence-corrected chi connectivity index (χ3v) is 7.20. The van der Waals surface area contributed by atoms with Crippen LogP contribution in [-0.4, -0.2) is 111 Å². The molecule has 0 bridgehead atoms. The van der Waals surface area contributed by atoms with Crippen LogP contribution in [0.2, 0.25) is 0 Å². The number of aliphatic hydroxyl groups is 1. The van der Waals surface area contributed by atoms with Crippen molar-refractivity contribution < 1.29 is 33.9 Å². The molecule has 0 aromatic rings. The summed E-state index contributed by atoms with van der Waals surface area (Å²) in [5.74, 6) is -3.05. The number of hydrogen-bond donors (Lipinski definition) is 10. The van der Waals surface area contributed by atoms with Crippen LogP contribution in [0.25, 0.3) is 0 Å². The predicted molar refractivity (Wildman–Crippen MR) is 175 cm³/mol. The standard InChI is InChI=1S/C30H59N9O7/c1-20(2)18-21(33)26(42)36-23(11-5-8-14-32)29(45)39-25(19-41)30(46)38-24(12-6-9-15-34-3)28(44)37-22(10-4-7-13-31)27(43)35-16-17-40/h17,20-25,34,41H,4-16,18-19,31-33H2,1-3H3,(H,35,43)(H,36,42)(H,37,44)(H,38,46)(H,39,45)/t21-,22-,23-,24-,25-/m0/s1. The number of nitrogens with two attached hydrogens (primary N) is 3. The maximum Gasteiger partial charge on any atom is 0.245 e. The molecule has 0 unspecified atom stereocenters. The van der Waals surface area contributed by atoms with Crippen LogP contribution in [0.15, 0.2) is 0 Å². The largest absolute Gasteiger partial charge is 0.394 e. The molecule has 0 heterocycles. The molecule has 16 heteroatoms. The molecule has 5 atom stereocenters. The molecule has 0 radical (unpaired) electrons. The van der Waals surface area contributed by atoms with E-state index < -0.39 is 66.4 Å². The first-order valence-corrected chi connectivity index (χ1v) is 16.3. The molecular formula is C30H59N9O7. The van der Waals surface area contributed by atoms with Crippen LogP contribution in [0.3, 0.4) is 0 Å². The van der Waals surface area contributed by atoms with Crippen molar-refractivity contribution in [2.45, 2.75) is 108 Å². The number of aldehydes is 1. The highest BCUT2D eigenvalue weighted by molar-refractivity contribution is 5.96. The Morgan fingerprint density at radius 1 is 0.674 bits per heavy atom. The number of amides is 5. The zero-order valence-corrected chi connectivity index (χ0v) is 27.8. The van der Waals surface area contributed by atoms with Gasteiger partial charge >= 0.3 is 0 Å². The summed E-state index contributed by atoms with van der Waals surface area (Å²) in [5, 5.41) is 25.9. The summed E-state index contributed by atoms with van der Waals surface area (Å²) in [5.41, 5.74) is 17.1. The molecule has 0 rings (SSSR count). The first kappa shape index (κ1) is 42.8. The monoisotopic (exact) mass is 657 g/mol. The number of carbonyl (C=O) groups is 6. The second-order valence-electron chi connectivity index (χ2n) is 11.7. The van der Waals surface area contributed by atoms with Crippen LogP contribution in [0.4, 0.5) is 0 Å². The summed E-state index contributed by atoms with van der Waals surface area (Å²) in [7, 11) is 1.79. The van der Waals surface area contributed by atoms with Gasteiger partial charge in [-0.2, -0.15) is 0 Å². The Morgan fingerprint density at radius 2 is 1.11 bits per heavy atom. The molecule has 0 aliphatic carbocycles. The van der Waals surface area contributed by atoms with E-state index in [0.717, 1.165) is 0 Å². The lowest BCUT2D eigenvalue weighted by Gasteiger charge is -2.26. The first-order chi connectivity index (χ1) is 21.9. The van der Waals surface area contributed by atoms with E-state index in [-0.39, 0.29) is 31.7 Å². The Hall–Kier alpha value is -3.18. The molecule has 0 spiro atoms. The van der Waals surface area contributed by atoms with E-state index in [9.17, 15) is 33.9 Å². The minimum atomic E-state index is -1.44. The number of carbonyl (C=O) groups excluding carboxylic acids is 6. The van der Waals surface area contributed by atoms with E-state index in [4.69, 9.17) is 17.2 Å². The zero-order valence-electron chi connectivity index (χ0n) is 27.8. The van der Waals surface area contributed by atoms with Gasteiger partial charge in [0.2, 0.25) is 29.5 Å². The lowest BCUT2D eigenvalue weighted by Crippen LogP contribution is -2.59. The highest BCUT2D eigenvalue weighted by Gasteiger charge is 2.31. The van der Waals surface area contributed by atoms with Crippen molar-refractivity contribution in [3.63, 3.8) is 0 Å². The topological polar surface area (TPSA) is 273 Å². The molecule has 0 aliphatic heterocycles. The summed E-state index contributed by atoms with van der Waals surface area (Å²) in [4.78, 5) is 76.0. The number of hydrogen-bond acceptors (Lipinski definition) is 11. The van der Waals surface area contributed by atoms with Crippen molar-refractivity contribution in [1.82, 2.24) is 31.9 Å². The molecule has 5 amide bonds. The van der Waals surface area contributed by atoms with Crippen molar-refractivity contribution in [2.24, 2.45) is 23.1 Å². The van der Waals surface area contributed by atoms with Crippen LogP contribution in [0.5, 0.6) is 0 Å². The average Bonchev–Trinajstić information content (AvgIpc) is 3.02. The second-order valence-corrected chi connectivity index (χ2v) is 11.7.